The van der Waals surface area contributed by atoms with Crippen molar-refractivity contribution in [2.75, 3.05) is 11.9 Å². The maximum atomic E-state index is 12.9. The van der Waals surface area contributed by atoms with Gasteiger partial charge in [0.05, 0.1) is 20.7 Å². The summed E-state index contributed by atoms with van der Waals surface area (Å²) < 4.78 is 4.85. The van der Waals surface area contributed by atoms with Gasteiger partial charge in [-0.3, -0.25) is 14.4 Å². The number of allylic oxidation sites excluding steroid dienone is 2. The fourth-order valence-electron chi connectivity index (χ4n) is 3.03. The molecule has 1 fully saturated rings. The predicted molar refractivity (Wildman–Crippen MR) is 140 cm³/mol. The Morgan fingerprint density at radius 1 is 1.24 bits per heavy atom. The van der Waals surface area contributed by atoms with Crippen LogP contribution >= 0.6 is 23.1 Å². The molecule has 1 aliphatic rings. The number of nitrogens with two attached hydrogens (primary N) is 2. The van der Waals surface area contributed by atoms with Gasteiger partial charge in [-0.2, -0.15) is 0 Å². The predicted octanol–water partition coefficient (Wildman–Crippen LogP) is 4.85. The van der Waals surface area contributed by atoms with E-state index in [0.29, 0.717) is 31.8 Å². The molecule has 9 heteroatoms. The number of carbonyl (C=O) groups excluding carboxylic acids is 3. The number of benzene rings is 1. The van der Waals surface area contributed by atoms with Crippen molar-refractivity contribution in [3.63, 3.8) is 0 Å². The molecule has 3 rings (SSSR count). The van der Waals surface area contributed by atoms with Crippen LogP contribution in [-0.2, 0) is 9.53 Å². The molecule has 2 atom stereocenters. The number of thioether (sulfide) groups is 1. The quantitative estimate of drug-likeness (QED) is 0.266. The van der Waals surface area contributed by atoms with E-state index >= 15 is 0 Å². The summed E-state index contributed by atoms with van der Waals surface area (Å²) in [5.41, 5.74) is 14.1. The number of hydrogen-bond acceptors (Lipinski definition) is 9. The summed E-state index contributed by atoms with van der Waals surface area (Å²) in [6, 6.07) is 7.67. The largest absolute Gasteiger partial charge is 0.464 e. The molecule has 7 nitrogen and oxygen atoms in total. The van der Waals surface area contributed by atoms with Crippen molar-refractivity contribution in [1.29, 1.82) is 0 Å². The van der Waals surface area contributed by atoms with Crippen LogP contribution in [0.2, 0.25) is 0 Å². The fourth-order valence-corrected chi connectivity index (χ4v) is 4.74. The zero-order valence-corrected chi connectivity index (χ0v) is 21.5. The van der Waals surface area contributed by atoms with E-state index in [2.05, 4.69) is 25.7 Å². The lowest BCUT2D eigenvalue weighted by Gasteiger charge is -2.13. The zero-order chi connectivity index (χ0) is 25.4. The number of cyclic esters (lactones) is 1. The van der Waals surface area contributed by atoms with Gasteiger partial charge in [0.25, 0.3) is 0 Å². The number of ketones is 2. The van der Waals surface area contributed by atoms with E-state index in [-0.39, 0.29) is 18.2 Å². The van der Waals surface area contributed by atoms with Gasteiger partial charge in [-0.15, -0.1) is 11.3 Å². The Morgan fingerprint density at radius 2 is 1.85 bits per heavy atom. The summed E-state index contributed by atoms with van der Waals surface area (Å²) in [7, 11) is 0. The van der Waals surface area contributed by atoms with Crippen molar-refractivity contribution in [2.45, 2.75) is 40.2 Å². The number of Topliss-reactive ketones (excluding diaryl/α,β-unsaturated/α-hetero) is 2. The summed E-state index contributed by atoms with van der Waals surface area (Å²) in [4.78, 5) is 37.9. The number of rotatable bonds is 8. The van der Waals surface area contributed by atoms with E-state index in [0.717, 1.165) is 17.3 Å². The lowest BCUT2D eigenvalue weighted by molar-refractivity contribution is -0.139. The average Bonchev–Trinajstić information content (AvgIpc) is 3.37. The first kappa shape index (κ1) is 27.4. The molecule has 5 N–H and O–H groups in total. The molecule has 2 unspecified atom stereocenters. The Hall–Kier alpha value is -2.88. The first-order valence-corrected chi connectivity index (χ1v) is 12.6. The number of ether oxygens (including phenoxy) is 1. The minimum atomic E-state index is -0.935. The lowest BCUT2D eigenvalue weighted by Crippen LogP contribution is -2.36. The van der Waals surface area contributed by atoms with Crippen molar-refractivity contribution in [3.8, 4) is 0 Å². The summed E-state index contributed by atoms with van der Waals surface area (Å²) in [5.74, 6) is -1.61. The molecule has 0 amide bonds. The Balaban J connectivity index is 0.00000129. The molecule has 1 aromatic heterocycles. The van der Waals surface area contributed by atoms with E-state index in [1.54, 1.807) is 31.2 Å². The van der Waals surface area contributed by atoms with E-state index < -0.39 is 17.9 Å². The fraction of sp³-hybridized carbons (Fsp3) is 0.320. The smallest absolute Gasteiger partial charge is 0.323 e. The highest BCUT2D eigenvalue weighted by Crippen LogP contribution is 2.32. The molecule has 0 radical (unpaired) electrons. The Labute approximate surface area is 208 Å². The van der Waals surface area contributed by atoms with Crippen molar-refractivity contribution in [3.05, 3.63) is 73.9 Å². The molecule has 2 heterocycles. The van der Waals surface area contributed by atoms with Crippen LogP contribution in [0.5, 0.6) is 0 Å². The van der Waals surface area contributed by atoms with Crippen LogP contribution < -0.4 is 16.8 Å². The van der Waals surface area contributed by atoms with Crippen LogP contribution in [0.3, 0.4) is 0 Å². The number of carbonyl (C=O) groups is 3. The molecule has 1 aliphatic heterocycles. The van der Waals surface area contributed by atoms with Crippen LogP contribution in [0.4, 0.5) is 5.69 Å². The summed E-state index contributed by atoms with van der Waals surface area (Å²) in [5, 5.41) is 5.49. The monoisotopic (exact) mass is 501 g/mol. The Kier molecular flexibility index (Phi) is 10.1. The standard InChI is InChI=1S/C22H23N3O4S2.C3H8/c1-11-8-9-30-20(11)19(27)21(12(2)23)31-13(3)25-15-6-4-14(5-7-15)18(26)16-10-29-22(28)17(16)24;1-3-2/h4-9,16-17,25H,3,10,23-24H2,1-2H3;3H2,1-2H3/b21-12+;. The van der Waals surface area contributed by atoms with Gasteiger partial charge in [0.15, 0.2) is 5.78 Å². The van der Waals surface area contributed by atoms with Crippen LogP contribution in [0.1, 0.15) is 52.8 Å². The maximum absolute atomic E-state index is 12.9. The summed E-state index contributed by atoms with van der Waals surface area (Å²) in [6.07, 6.45) is 1.25. The Morgan fingerprint density at radius 3 is 2.32 bits per heavy atom. The minimum Gasteiger partial charge on any atom is -0.464 e. The van der Waals surface area contributed by atoms with Crippen LogP contribution in [0, 0.1) is 12.8 Å². The molecule has 182 valence electrons. The van der Waals surface area contributed by atoms with Crippen LogP contribution in [0.25, 0.3) is 0 Å². The second-order valence-corrected chi connectivity index (χ2v) is 9.86. The SMILES string of the molecule is C=C(Nc1ccc(C(=O)C2COC(=O)C2N)cc1)S/C(C(=O)c1sccc1C)=C(\C)N.CCC. The minimum absolute atomic E-state index is 0.00241. The highest BCUT2D eigenvalue weighted by Gasteiger charge is 2.39. The topological polar surface area (TPSA) is 125 Å². The molecule has 0 aliphatic carbocycles. The van der Waals surface area contributed by atoms with E-state index in [9.17, 15) is 14.4 Å². The third-order valence-corrected chi connectivity index (χ3v) is 6.83. The van der Waals surface area contributed by atoms with E-state index in [1.807, 2.05) is 18.4 Å². The molecule has 2 aromatic rings. The maximum Gasteiger partial charge on any atom is 0.323 e. The van der Waals surface area contributed by atoms with Crippen LogP contribution in [0.15, 0.2) is 57.9 Å². The molecule has 0 saturated carbocycles. The van der Waals surface area contributed by atoms with Gasteiger partial charge in [0.1, 0.15) is 12.6 Å². The molecule has 34 heavy (non-hydrogen) atoms. The molecular formula is C25H31N3O4S2. The van der Waals surface area contributed by atoms with E-state index in [1.165, 1.54) is 17.8 Å². The molecular weight excluding hydrogens is 470 g/mol. The number of esters is 1. The third-order valence-electron chi connectivity index (χ3n) is 4.76. The number of nitrogens with one attached hydrogen (secondary N) is 1. The first-order valence-electron chi connectivity index (χ1n) is 10.9. The van der Waals surface area contributed by atoms with Gasteiger partial charge in [-0.25, -0.2) is 0 Å². The number of hydrogen-bond donors (Lipinski definition) is 3. The molecule has 0 spiro atoms. The first-order chi connectivity index (χ1) is 16.1. The number of anilines is 1. The normalized spacial score (nSPS) is 17.7. The van der Waals surface area contributed by atoms with Crippen molar-refractivity contribution in [1.82, 2.24) is 0 Å². The van der Waals surface area contributed by atoms with E-state index in [4.69, 9.17) is 16.2 Å². The van der Waals surface area contributed by atoms with Crippen molar-refractivity contribution < 1.29 is 19.1 Å². The number of aryl methyl sites for hydroxylation is 1. The van der Waals surface area contributed by atoms with Gasteiger partial charge in [0.2, 0.25) is 5.78 Å². The molecule has 1 saturated heterocycles. The molecule has 1 aromatic carbocycles. The van der Waals surface area contributed by atoms with Gasteiger partial charge in [-0.1, -0.05) is 38.6 Å². The zero-order valence-electron chi connectivity index (χ0n) is 19.8. The highest BCUT2D eigenvalue weighted by molar-refractivity contribution is 8.07. The van der Waals surface area contributed by atoms with Gasteiger partial charge in [-0.05, 0) is 55.1 Å². The number of thiophene rings is 1. The average molecular weight is 502 g/mol. The third kappa shape index (κ3) is 6.82. The summed E-state index contributed by atoms with van der Waals surface area (Å²) >= 11 is 2.54. The second-order valence-electron chi connectivity index (χ2n) is 7.84. The van der Waals surface area contributed by atoms with Crippen molar-refractivity contribution in [2.24, 2.45) is 17.4 Å². The van der Waals surface area contributed by atoms with Gasteiger partial charge >= 0.3 is 5.97 Å². The molecule has 0 bridgehead atoms. The Bertz CT molecular complexity index is 1090. The summed E-state index contributed by atoms with van der Waals surface area (Å²) in [6.45, 7) is 11.8. The van der Waals surface area contributed by atoms with Crippen molar-refractivity contribution >= 4 is 46.3 Å². The van der Waals surface area contributed by atoms with Crippen LogP contribution in [-0.4, -0.2) is 30.2 Å². The lowest BCUT2D eigenvalue weighted by atomic mass is 9.93. The second kappa shape index (κ2) is 12.5. The highest BCUT2D eigenvalue weighted by atomic mass is 32.2. The van der Waals surface area contributed by atoms with Gasteiger partial charge < -0.3 is 21.5 Å². The van der Waals surface area contributed by atoms with Gasteiger partial charge in [0, 0.05) is 16.9 Å².